The fourth-order valence-corrected chi connectivity index (χ4v) is 4.85. The molecule has 0 heterocycles. The lowest BCUT2D eigenvalue weighted by Crippen LogP contribution is -2.53. The SMILES string of the molecule is CNC1(C(=O)OC)CCCC1CCSc1ccccc1Br. The first-order valence-corrected chi connectivity index (χ1v) is 9.06. The minimum atomic E-state index is -0.483. The molecular weight excluding hydrogens is 350 g/mol. The Morgan fingerprint density at radius 3 is 2.95 bits per heavy atom. The van der Waals surface area contributed by atoms with Crippen LogP contribution in [0.1, 0.15) is 25.7 Å². The van der Waals surface area contributed by atoms with Gasteiger partial charge in [-0.2, -0.15) is 0 Å². The highest BCUT2D eigenvalue weighted by molar-refractivity contribution is 9.10. The van der Waals surface area contributed by atoms with Gasteiger partial charge in [-0.25, -0.2) is 0 Å². The van der Waals surface area contributed by atoms with E-state index in [-0.39, 0.29) is 5.97 Å². The Labute approximate surface area is 139 Å². The van der Waals surface area contributed by atoms with Gasteiger partial charge >= 0.3 is 5.97 Å². The van der Waals surface area contributed by atoms with Crippen molar-refractivity contribution in [2.24, 2.45) is 5.92 Å². The van der Waals surface area contributed by atoms with Crippen molar-refractivity contribution in [1.29, 1.82) is 0 Å². The molecule has 1 N–H and O–H groups in total. The summed E-state index contributed by atoms with van der Waals surface area (Å²) < 4.78 is 6.16. The number of ether oxygens (including phenoxy) is 1. The molecule has 0 aliphatic heterocycles. The van der Waals surface area contributed by atoms with Gasteiger partial charge in [-0.1, -0.05) is 18.6 Å². The highest BCUT2D eigenvalue weighted by Gasteiger charge is 2.48. The second kappa shape index (κ2) is 7.65. The Morgan fingerprint density at radius 2 is 2.29 bits per heavy atom. The van der Waals surface area contributed by atoms with E-state index >= 15 is 0 Å². The molecule has 1 aromatic rings. The molecule has 5 heteroatoms. The van der Waals surface area contributed by atoms with Crippen LogP contribution in [0, 0.1) is 5.92 Å². The van der Waals surface area contributed by atoms with Crippen LogP contribution in [0.25, 0.3) is 0 Å². The van der Waals surface area contributed by atoms with E-state index in [4.69, 9.17) is 4.74 Å². The molecule has 0 spiro atoms. The van der Waals surface area contributed by atoms with Gasteiger partial charge < -0.3 is 10.1 Å². The summed E-state index contributed by atoms with van der Waals surface area (Å²) in [6.45, 7) is 0. The van der Waals surface area contributed by atoms with Gasteiger partial charge in [0.15, 0.2) is 0 Å². The average Bonchev–Trinajstić information content (AvgIpc) is 2.92. The van der Waals surface area contributed by atoms with Crippen molar-refractivity contribution < 1.29 is 9.53 Å². The number of nitrogens with one attached hydrogen (secondary N) is 1. The predicted octanol–water partition coefficient (Wildman–Crippen LogP) is 3.86. The number of hydrogen-bond acceptors (Lipinski definition) is 4. The Bertz CT molecular complexity index is 497. The van der Waals surface area contributed by atoms with Crippen molar-refractivity contribution in [2.75, 3.05) is 19.9 Å². The Balaban J connectivity index is 1.96. The van der Waals surface area contributed by atoms with Crippen LogP contribution in [-0.4, -0.2) is 31.4 Å². The van der Waals surface area contributed by atoms with Crippen molar-refractivity contribution in [1.82, 2.24) is 5.32 Å². The van der Waals surface area contributed by atoms with Gasteiger partial charge in [0.05, 0.1) is 7.11 Å². The number of benzene rings is 1. The molecule has 1 saturated carbocycles. The van der Waals surface area contributed by atoms with E-state index in [9.17, 15) is 4.79 Å². The third kappa shape index (κ3) is 3.63. The number of carbonyl (C=O) groups excluding carboxylic acids is 1. The first kappa shape index (κ1) is 16.8. The number of thioether (sulfide) groups is 1. The summed E-state index contributed by atoms with van der Waals surface area (Å²) in [5.74, 6) is 1.25. The second-order valence-corrected chi connectivity index (χ2v) is 7.36. The maximum absolute atomic E-state index is 12.2. The normalized spacial score (nSPS) is 25.0. The number of rotatable bonds is 6. The van der Waals surface area contributed by atoms with E-state index in [2.05, 4.69) is 39.4 Å². The minimum absolute atomic E-state index is 0.113. The third-order valence-electron chi connectivity index (χ3n) is 4.38. The van der Waals surface area contributed by atoms with Crippen LogP contribution in [0.3, 0.4) is 0 Å². The lowest BCUT2D eigenvalue weighted by molar-refractivity contribution is -0.150. The summed E-state index contributed by atoms with van der Waals surface area (Å²) in [5, 5.41) is 3.25. The fraction of sp³-hybridized carbons (Fsp3) is 0.562. The molecule has 2 atom stereocenters. The van der Waals surface area contributed by atoms with Gasteiger partial charge in [0.1, 0.15) is 5.54 Å². The number of carbonyl (C=O) groups is 1. The molecule has 0 saturated heterocycles. The standard InChI is InChI=1S/C16H22BrNO2S/c1-18-16(15(19)20-2)10-5-6-12(16)9-11-21-14-8-4-3-7-13(14)17/h3-4,7-8,12,18H,5-6,9-11H2,1-2H3. The molecule has 3 nitrogen and oxygen atoms in total. The van der Waals surface area contributed by atoms with E-state index in [1.54, 1.807) is 0 Å². The van der Waals surface area contributed by atoms with Crippen molar-refractivity contribution >= 4 is 33.7 Å². The first-order chi connectivity index (χ1) is 10.1. The highest BCUT2D eigenvalue weighted by Crippen LogP contribution is 2.40. The summed E-state index contributed by atoms with van der Waals surface area (Å²) >= 11 is 5.41. The maximum atomic E-state index is 12.2. The van der Waals surface area contributed by atoms with E-state index in [1.807, 2.05) is 24.9 Å². The molecule has 0 radical (unpaired) electrons. The Morgan fingerprint density at radius 1 is 1.52 bits per heavy atom. The summed E-state index contributed by atoms with van der Waals surface area (Å²) in [5.41, 5.74) is -0.483. The van der Waals surface area contributed by atoms with E-state index in [1.165, 1.54) is 12.0 Å². The number of likely N-dealkylation sites (N-methyl/N-ethyl adjacent to an activating group) is 1. The van der Waals surface area contributed by atoms with Gasteiger partial charge in [0.25, 0.3) is 0 Å². The van der Waals surface area contributed by atoms with Crippen LogP contribution in [0.2, 0.25) is 0 Å². The molecule has 0 aromatic heterocycles. The maximum Gasteiger partial charge on any atom is 0.326 e. The van der Waals surface area contributed by atoms with Crippen LogP contribution < -0.4 is 5.32 Å². The van der Waals surface area contributed by atoms with Gasteiger partial charge in [0, 0.05) is 9.37 Å². The van der Waals surface area contributed by atoms with Gasteiger partial charge in [-0.3, -0.25) is 4.79 Å². The number of methoxy groups -OCH3 is 1. The minimum Gasteiger partial charge on any atom is -0.468 e. The zero-order chi connectivity index (χ0) is 15.3. The summed E-state index contributed by atoms with van der Waals surface area (Å²) in [7, 11) is 3.35. The zero-order valence-electron chi connectivity index (χ0n) is 12.5. The Hall–Kier alpha value is -0.520. The molecule has 116 valence electrons. The highest BCUT2D eigenvalue weighted by atomic mass is 79.9. The molecule has 0 amide bonds. The topological polar surface area (TPSA) is 38.3 Å². The monoisotopic (exact) mass is 371 g/mol. The molecule has 1 aliphatic rings. The summed E-state index contributed by atoms with van der Waals surface area (Å²) in [6, 6.07) is 8.25. The van der Waals surface area contributed by atoms with Crippen LogP contribution in [-0.2, 0) is 9.53 Å². The molecule has 21 heavy (non-hydrogen) atoms. The first-order valence-electron chi connectivity index (χ1n) is 7.28. The zero-order valence-corrected chi connectivity index (χ0v) is 14.9. The average molecular weight is 372 g/mol. The van der Waals surface area contributed by atoms with E-state index < -0.39 is 5.54 Å². The lowest BCUT2D eigenvalue weighted by atomic mass is 9.85. The van der Waals surface area contributed by atoms with Crippen LogP contribution in [0.15, 0.2) is 33.6 Å². The molecule has 0 bridgehead atoms. The predicted molar refractivity (Wildman–Crippen MR) is 90.6 cm³/mol. The van der Waals surface area contributed by atoms with Crippen molar-refractivity contribution in [3.63, 3.8) is 0 Å². The molecule has 2 unspecified atom stereocenters. The number of esters is 1. The quantitative estimate of drug-likeness (QED) is 0.608. The van der Waals surface area contributed by atoms with Crippen molar-refractivity contribution in [3.8, 4) is 0 Å². The van der Waals surface area contributed by atoms with E-state index in [0.29, 0.717) is 5.92 Å². The van der Waals surface area contributed by atoms with Crippen LogP contribution in [0.5, 0.6) is 0 Å². The van der Waals surface area contributed by atoms with Gasteiger partial charge in [-0.15, -0.1) is 11.8 Å². The van der Waals surface area contributed by atoms with Crippen LogP contribution >= 0.6 is 27.7 Å². The Kier molecular flexibility index (Phi) is 6.14. The van der Waals surface area contributed by atoms with Gasteiger partial charge in [-0.05, 0) is 66.0 Å². The van der Waals surface area contributed by atoms with Gasteiger partial charge in [0.2, 0.25) is 0 Å². The molecule has 1 aromatic carbocycles. The fourth-order valence-electron chi connectivity index (χ4n) is 3.22. The smallest absolute Gasteiger partial charge is 0.326 e. The summed E-state index contributed by atoms with van der Waals surface area (Å²) in [4.78, 5) is 13.4. The molecule has 2 rings (SSSR count). The molecular formula is C16H22BrNO2S. The molecule has 1 fully saturated rings. The van der Waals surface area contributed by atoms with Crippen molar-refractivity contribution in [3.05, 3.63) is 28.7 Å². The number of hydrogen-bond donors (Lipinski definition) is 1. The molecule has 1 aliphatic carbocycles. The third-order valence-corrected chi connectivity index (χ3v) is 6.44. The van der Waals surface area contributed by atoms with Crippen LogP contribution in [0.4, 0.5) is 0 Å². The second-order valence-electron chi connectivity index (χ2n) is 5.37. The van der Waals surface area contributed by atoms with Crippen molar-refractivity contribution in [2.45, 2.75) is 36.1 Å². The largest absolute Gasteiger partial charge is 0.468 e. The lowest BCUT2D eigenvalue weighted by Gasteiger charge is -2.32. The van der Waals surface area contributed by atoms with E-state index in [0.717, 1.165) is 35.9 Å². The number of halogens is 1. The summed E-state index contributed by atoms with van der Waals surface area (Å²) in [6.07, 6.45) is 4.06.